The quantitative estimate of drug-likeness (QED) is 0.526. The molecule has 1 aliphatic rings. The molecule has 8 nitrogen and oxygen atoms in total. The summed E-state index contributed by atoms with van der Waals surface area (Å²) in [4.78, 5) is 26.3. The lowest BCUT2D eigenvalue weighted by Crippen LogP contribution is -2.49. The Labute approximate surface area is 173 Å². The zero-order chi connectivity index (χ0) is 21.2. The van der Waals surface area contributed by atoms with Crippen molar-refractivity contribution in [2.75, 3.05) is 37.3 Å². The summed E-state index contributed by atoms with van der Waals surface area (Å²) >= 11 is 5.96. The minimum atomic E-state index is -3.75. The molecule has 1 amide bonds. The highest BCUT2D eigenvalue weighted by Crippen LogP contribution is 2.29. The molecule has 29 heavy (non-hydrogen) atoms. The molecule has 1 aliphatic heterocycles. The molecule has 1 fully saturated rings. The largest absolute Gasteiger partial charge is 0.368 e. The van der Waals surface area contributed by atoms with Crippen LogP contribution < -0.4 is 4.90 Å². The summed E-state index contributed by atoms with van der Waals surface area (Å²) in [5.74, 6) is -0.00700. The van der Waals surface area contributed by atoms with E-state index in [0.29, 0.717) is 36.9 Å². The van der Waals surface area contributed by atoms with Crippen LogP contribution in [0.3, 0.4) is 0 Å². The number of nitro benzene ring substituents is 1. The fraction of sp³-hybridized carbons (Fsp3) is 0.316. The van der Waals surface area contributed by atoms with Crippen molar-refractivity contribution in [3.63, 3.8) is 0 Å². The molecule has 154 valence electrons. The first kappa shape index (κ1) is 21.1. The minimum absolute atomic E-state index is 0.00700. The molecule has 0 N–H and O–H groups in total. The highest BCUT2D eigenvalue weighted by atomic mass is 35.5. The van der Waals surface area contributed by atoms with Crippen molar-refractivity contribution in [1.82, 2.24) is 4.90 Å². The van der Waals surface area contributed by atoms with Gasteiger partial charge in [-0.1, -0.05) is 23.7 Å². The molecule has 0 bridgehead atoms. The number of rotatable bonds is 5. The molecule has 0 saturated carbocycles. The molecule has 10 heteroatoms. The van der Waals surface area contributed by atoms with Crippen molar-refractivity contribution in [3.05, 3.63) is 63.2 Å². The van der Waals surface area contributed by atoms with E-state index in [9.17, 15) is 23.3 Å². The Morgan fingerprint density at radius 1 is 1.14 bits per heavy atom. The standard InChI is InChI=1S/C19H20ClN3O5S/c1-29(27,28)18-13-16(5-6-17(18)23(25)26)21-7-9-22(10-8-21)19(24)12-14-3-2-4-15(20)11-14/h2-6,11,13H,7-10,12H2,1H3. The van der Waals surface area contributed by atoms with Gasteiger partial charge in [0.2, 0.25) is 5.91 Å². The second-order valence-corrected chi connectivity index (χ2v) is 9.28. The van der Waals surface area contributed by atoms with Gasteiger partial charge in [0.1, 0.15) is 4.90 Å². The van der Waals surface area contributed by atoms with Crippen LogP contribution >= 0.6 is 11.6 Å². The van der Waals surface area contributed by atoms with Crippen LogP contribution in [-0.4, -0.2) is 56.6 Å². The minimum Gasteiger partial charge on any atom is -0.368 e. The molecule has 0 atom stereocenters. The molecule has 2 aromatic carbocycles. The van der Waals surface area contributed by atoms with Crippen LogP contribution in [0, 0.1) is 10.1 Å². The number of anilines is 1. The van der Waals surface area contributed by atoms with E-state index in [4.69, 9.17) is 11.6 Å². The van der Waals surface area contributed by atoms with Crippen molar-refractivity contribution in [2.24, 2.45) is 0 Å². The summed E-state index contributed by atoms with van der Waals surface area (Å²) in [6.07, 6.45) is 1.21. The van der Waals surface area contributed by atoms with Gasteiger partial charge in [-0.3, -0.25) is 14.9 Å². The monoisotopic (exact) mass is 437 g/mol. The number of hydrogen-bond donors (Lipinski definition) is 0. The van der Waals surface area contributed by atoms with E-state index in [-0.39, 0.29) is 17.2 Å². The molecule has 1 heterocycles. The number of carbonyl (C=O) groups is 1. The lowest BCUT2D eigenvalue weighted by molar-refractivity contribution is -0.387. The number of carbonyl (C=O) groups excluding carboxylic acids is 1. The Bertz CT molecular complexity index is 1050. The van der Waals surface area contributed by atoms with Crippen LogP contribution in [0.4, 0.5) is 11.4 Å². The molecule has 0 radical (unpaired) electrons. The van der Waals surface area contributed by atoms with Gasteiger partial charge in [0.25, 0.3) is 5.69 Å². The number of halogens is 1. The van der Waals surface area contributed by atoms with Crippen molar-refractivity contribution in [1.29, 1.82) is 0 Å². The summed E-state index contributed by atoms with van der Waals surface area (Å²) in [6, 6.07) is 11.2. The third kappa shape index (κ3) is 5.04. The predicted molar refractivity (Wildman–Crippen MR) is 110 cm³/mol. The maximum absolute atomic E-state index is 12.5. The highest BCUT2D eigenvalue weighted by Gasteiger charge is 2.26. The lowest BCUT2D eigenvalue weighted by atomic mass is 10.1. The number of nitro groups is 1. The molecule has 2 aromatic rings. The maximum atomic E-state index is 12.5. The molecular weight excluding hydrogens is 418 g/mol. The average molecular weight is 438 g/mol. The lowest BCUT2D eigenvalue weighted by Gasteiger charge is -2.36. The van der Waals surface area contributed by atoms with Crippen molar-refractivity contribution >= 4 is 38.7 Å². The van der Waals surface area contributed by atoms with Gasteiger partial charge in [0.05, 0.1) is 11.3 Å². The topological polar surface area (TPSA) is 101 Å². The summed E-state index contributed by atoms with van der Waals surface area (Å²) in [5, 5.41) is 11.7. The fourth-order valence-corrected chi connectivity index (χ4v) is 4.36. The molecule has 1 saturated heterocycles. The van der Waals surface area contributed by atoms with E-state index in [1.165, 1.54) is 18.2 Å². The van der Waals surface area contributed by atoms with Crippen LogP contribution in [0.1, 0.15) is 5.56 Å². The van der Waals surface area contributed by atoms with Gasteiger partial charge in [0, 0.05) is 49.2 Å². The molecule has 0 unspecified atom stereocenters. The highest BCUT2D eigenvalue weighted by molar-refractivity contribution is 7.90. The van der Waals surface area contributed by atoms with E-state index in [1.807, 2.05) is 11.0 Å². The van der Waals surface area contributed by atoms with E-state index in [1.54, 1.807) is 23.1 Å². The Morgan fingerprint density at radius 2 is 1.83 bits per heavy atom. The molecule has 0 spiro atoms. The number of benzene rings is 2. The van der Waals surface area contributed by atoms with Gasteiger partial charge < -0.3 is 9.80 Å². The van der Waals surface area contributed by atoms with Gasteiger partial charge in [-0.2, -0.15) is 0 Å². The first-order valence-corrected chi connectivity index (χ1v) is 11.2. The smallest absolute Gasteiger partial charge is 0.288 e. The summed E-state index contributed by atoms with van der Waals surface area (Å²) in [7, 11) is -3.75. The van der Waals surface area contributed by atoms with E-state index in [0.717, 1.165) is 11.8 Å². The third-order valence-electron chi connectivity index (χ3n) is 4.78. The first-order valence-electron chi connectivity index (χ1n) is 8.91. The van der Waals surface area contributed by atoms with Crippen molar-refractivity contribution in [3.8, 4) is 0 Å². The van der Waals surface area contributed by atoms with Crippen LogP contribution in [0.25, 0.3) is 0 Å². The Morgan fingerprint density at radius 3 is 2.41 bits per heavy atom. The maximum Gasteiger partial charge on any atom is 0.288 e. The van der Waals surface area contributed by atoms with Gasteiger partial charge in [0.15, 0.2) is 9.84 Å². The molecular formula is C19H20ClN3O5S. The van der Waals surface area contributed by atoms with E-state index < -0.39 is 20.4 Å². The Hall–Kier alpha value is -2.65. The predicted octanol–water partition coefficient (Wildman–Crippen LogP) is 2.54. The fourth-order valence-electron chi connectivity index (χ4n) is 3.29. The van der Waals surface area contributed by atoms with E-state index in [2.05, 4.69) is 0 Å². The second kappa shape index (κ2) is 8.38. The van der Waals surface area contributed by atoms with E-state index >= 15 is 0 Å². The number of nitrogens with zero attached hydrogens (tertiary/aromatic N) is 3. The molecule has 0 aliphatic carbocycles. The SMILES string of the molecule is CS(=O)(=O)c1cc(N2CCN(C(=O)Cc3cccc(Cl)c3)CC2)ccc1[N+](=O)[O-]. The van der Waals surface area contributed by atoms with Crippen LogP contribution in [0.2, 0.25) is 5.02 Å². The van der Waals surface area contributed by atoms with Crippen LogP contribution in [0.5, 0.6) is 0 Å². The van der Waals surface area contributed by atoms with Crippen LogP contribution in [-0.2, 0) is 21.1 Å². The zero-order valence-electron chi connectivity index (χ0n) is 15.7. The van der Waals surface area contributed by atoms with Crippen molar-refractivity contribution in [2.45, 2.75) is 11.3 Å². The van der Waals surface area contributed by atoms with Crippen molar-refractivity contribution < 1.29 is 18.1 Å². The van der Waals surface area contributed by atoms with Crippen LogP contribution in [0.15, 0.2) is 47.4 Å². The third-order valence-corrected chi connectivity index (χ3v) is 6.14. The van der Waals surface area contributed by atoms with Gasteiger partial charge in [-0.05, 0) is 29.8 Å². The number of piperazine rings is 1. The molecule has 3 rings (SSSR count). The Kier molecular flexibility index (Phi) is 6.09. The summed E-state index contributed by atoms with van der Waals surface area (Å²) < 4.78 is 23.9. The second-order valence-electron chi connectivity index (χ2n) is 6.86. The first-order chi connectivity index (χ1) is 13.6. The van der Waals surface area contributed by atoms with Gasteiger partial charge in [-0.25, -0.2) is 8.42 Å². The normalized spacial score (nSPS) is 14.7. The summed E-state index contributed by atoms with van der Waals surface area (Å²) in [6.45, 7) is 1.96. The number of amides is 1. The Balaban J connectivity index is 1.69. The van der Waals surface area contributed by atoms with Gasteiger partial charge in [-0.15, -0.1) is 0 Å². The summed E-state index contributed by atoms with van der Waals surface area (Å²) in [5.41, 5.74) is 0.989. The van der Waals surface area contributed by atoms with Gasteiger partial charge >= 0.3 is 0 Å². The average Bonchev–Trinajstić information content (AvgIpc) is 2.67. The number of sulfone groups is 1. The molecule has 0 aromatic heterocycles. The number of hydrogen-bond acceptors (Lipinski definition) is 6. The zero-order valence-corrected chi connectivity index (χ0v) is 17.3.